The highest BCUT2D eigenvalue weighted by Crippen LogP contribution is 2.15. The summed E-state index contributed by atoms with van der Waals surface area (Å²) in [6.45, 7) is 4.20. The molecule has 226 valence electrons. The van der Waals surface area contributed by atoms with Gasteiger partial charge in [0.05, 0.1) is 20.1 Å². The summed E-state index contributed by atoms with van der Waals surface area (Å²) in [5.74, 6) is -2.31. The molecule has 3 N–H and O–H groups in total. The Morgan fingerprint density at radius 2 is 1.49 bits per heavy atom. The van der Waals surface area contributed by atoms with Crippen LogP contribution < -0.4 is 10.6 Å². The molecule has 0 aromatic carbocycles. The molecular formula is C27H48N2O9S. The van der Waals surface area contributed by atoms with Gasteiger partial charge in [-0.2, -0.15) is 11.8 Å². The first-order valence-corrected chi connectivity index (χ1v) is 15.0. The summed E-state index contributed by atoms with van der Waals surface area (Å²) in [6.07, 6.45) is 10.6. The smallest absolute Gasteiger partial charge is 0.330 e. The van der Waals surface area contributed by atoms with Gasteiger partial charge in [-0.15, -0.1) is 0 Å². The summed E-state index contributed by atoms with van der Waals surface area (Å²) < 4.78 is 15.1. The van der Waals surface area contributed by atoms with Crippen molar-refractivity contribution in [2.75, 3.05) is 31.8 Å². The Labute approximate surface area is 236 Å². The first-order chi connectivity index (χ1) is 18.6. The Morgan fingerprint density at radius 3 is 2.03 bits per heavy atom. The second-order valence-corrected chi connectivity index (χ2v) is 10.5. The van der Waals surface area contributed by atoms with Crippen LogP contribution in [0.2, 0.25) is 0 Å². The molecule has 0 heterocycles. The molecule has 0 saturated carbocycles. The number of amides is 2. The SMILES string of the molecule is CCCCCCCCCCC[C@H](CC(=O)OCCSC[C@H](NC(C)=O)C(=O)N[C@@H](CO)C(=O)OC)OC(C)=O. The van der Waals surface area contributed by atoms with Crippen LogP contribution in [0, 0.1) is 0 Å². The first kappa shape index (κ1) is 36.7. The molecule has 0 aromatic rings. The molecule has 3 atom stereocenters. The van der Waals surface area contributed by atoms with E-state index in [1.807, 2.05) is 0 Å². The number of methoxy groups -OCH3 is 1. The number of carbonyl (C=O) groups is 5. The van der Waals surface area contributed by atoms with Gasteiger partial charge in [-0.05, 0) is 12.8 Å². The molecule has 0 spiro atoms. The number of carbonyl (C=O) groups excluding carboxylic acids is 5. The molecule has 0 aliphatic carbocycles. The quantitative estimate of drug-likeness (QED) is 0.0938. The fourth-order valence-electron chi connectivity index (χ4n) is 3.80. The molecule has 0 unspecified atom stereocenters. The van der Waals surface area contributed by atoms with Crippen molar-refractivity contribution < 1.29 is 43.3 Å². The lowest BCUT2D eigenvalue weighted by atomic mass is 10.0. The number of aliphatic hydroxyl groups excluding tert-OH is 1. The topological polar surface area (TPSA) is 157 Å². The highest BCUT2D eigenvalue weighted by molar-refractivity contribution is 7.99. The molecule has 0 aliphatic heterocycles. The monoisotopic (exact) mass is 576 g/mol. The molecular weight excluding hydrogens is 528 g/mol. The minimum absolute atomic E-state index is 0.0196. The zero-order valence-electron chi connectivity index (χ0n) is 24.0. The largest absolute Gasteiger partial charge is 0.467 e. The molecule has 12 heteroatoms. The van der Waals surface area contributed by atoms with Crippen LogP contribution in [0.15, 0.2) is 0 Å². The minimum Gasteiger partial charge on any atom is -0.467 e. The fourth-order valence-corrected chi connectivity index (χ4v) is 4.64. The zero-order valence-corrected chi connectivity index (χ0v) is 24.8. The highest BCUT2D eigenvalue weighted by atomic mass is 32.2. The molecule has 2 amide bonds. The van der Waals surface area contributed by atoms with Crippen LogP contribution in [-0.2, 0) is 38.2 Å². The van der Waals surface area contributed by atoms with Gasteiger partial charge in [0.15, 0.2) is 6.04 Å². The highest BCUT2D eigenvalue weighted by Gasteiger charge is 2.26. The van der Waals surface area contributed by atoms with Gasteiger partial charge in [0.2, 0.25) is 11.8 Å². The van der Waals surface area contributed by atoms with E-state index in [1.54, 1.807) is 0 Å². The first-order valence-electron chi connectivity index (χ1n) is 13.8. The fraction of sp³-hybridized carbons (Fsp3) is 0.815. The molecule has 39 heavy (non-hydrogen) atoms. The average molecular weight is 577 g/mol. The van der Waals surface area contributed by atoms with E-state index in [9.17, 15) is 29.1 Å². The Kier molecular flexibility index (Phi) is 22.1. The molecule has 0 rings (SSSR count). The maximum atomic E-state index is 12.5. The van der Waals surface area contributed by atoms with Crippen LogP contribution in [-0.4, -0.2) is 84.8 Å². The van der Waals surface area contributed by atoms with Gasteiger partial charge < -0.3 is 30.0 Å². The van der Waals surface area contributed by atoms with Crippen molar-refractivity contribution in [2.24, 2.45) is 0 Å². The van der Waals surface area contributed by atoms with E-state index >= 15 is 0 Å². The standard InChI is InChI=1S/C27H48N2O9S/c1-5-6-7-8-9-10-11-12-13-14-22(38-21(3)32)17-25(33)37-15-16-39-19-24(28-20(2)31)26(34)29-23(18-30)27(35)36-4/h22-24,30H,5-19H2,1-4H3,(H,28,31)(H,29,34)/t22-,23+,24+/m1/s1. The molecule has 0 aliphatic rings. The van der Waals surface area contributed by atoms with E-state index in [2.05, 4.69) is 22.3 Å². The molecule has 0 saturated heterocycles. The Bertz CT molecular complexity index is 736. The summed E-state index contributed by atoms with van der Waals surface area (Å²) in [4.78, 5) is 59.3. The van der Waals surface area contributed by atoms with Gasteiger partial charge in [-0.3, -0.25) is 19.2 Å². The maximum absolute atomic E-state index is 12.5. The van der Waals surface area contributed by atoms with E-state index < -0.39 is 54.5 Å². The molecule has 0 radical (unpaired) electrons. The van der Waals surface area contributed by atoms with Crippen molar-refractivity contribution in [3.05, 3.63) is 0 Å². The number of unbranched alkanes of at least 4 members (excludes halogenated alkanes) is 8. The van der Waals surface area contributed by atoms with Crippen LogP contribution in [0.5, 0.6) is 0 Å². The van der Waals surface area contributed by atoms with Crippen molar-refractivity contribution in [1.82, 2.24) is 10.6 Å². The molecule has 0 fully saturated rings. The lowest BCUT2D eigenvalue weighted by Gasteiger charge is -2.20. The second kappa shape index (κ2) is 23.5. The molecule has 0 aromatic heterocycles. The lowest BCUT2D eigenvalue weighted by Crippen LogP contribution is -2.53. The third kappa shape index (κ3) is 20.3. The van der Waals surface area contributed by atoms with E-state index in [-0.39, 0.29) is 18.8 Å². The predicted molar refractivity (Wildman–Crippen MR) is 149 cm³/mol. The number of ether oxygens (including phenoxy) is 3. The van der Waals surface area contributed by atoms with Crippen LogP contribution in [0.3, 0.4) is 0 Å². The number of thioether (sulfide) groups is 1. The van der Waals surface area contributed by atoms with Crippen molar-refractivity contribution in [3.63, 3.8) is 0 Å². The van der Waals surface area contributed by atoms with E-state index in [0.717, 1.165) is 26.4 Å². The van der Waals surface area contributed by atoms with E-state index in [1.165, 1.54) is 64.1 Å². The van der Waals surface area contributed by atoms with Crippen LogP contribution in [0.25, 0.3) is 0 Å². The summed E-state index contributed by atoms with van der Waals surface area (Å²) in [7, 11) is 1.13. The van der Waals surface area contributed by atoms with Crippen molar-refractivity contribution in [2.45, 2.75) is 110 Å². The van der Waals surface area contributed by atoms with Crippen molar-refractivity contribution in [3.8, 4) is 0 Å². The van der Waals surface area contributed by atoms with Crippen LogP contribution in [0.4, 0.5) is 0 Å². The number of aliphatic hydroxyl groups is 1. The number of hydrogen-bond donors (Lipinski definition) is 3. The summed E-state index contributed by atoms with van der Waals surface area (Å²) in [5.41, 5.74) is 0. The second-order valence-electron chi connectivity index (χ2n) is 9.37. The zero-order chi connectivity index (χ0) is 29.5. The van der Waals surface area contributed by atoms with Crippen molar-refractivity contribution in [1.29, 1.82) is 0 Å². The summed E-state index contributed by atoms with van der Waals surface area (Å²) in [5, 5.41) is 14.1. The van der Waals surface area contributed by atoms with Gasteiger partial charge in [-0.1, -0.05) is 58.3 Å². The number of nitrogens with one attached hydrogen (secondary N) is 2. The summed E-state index contributed by atoms with van der Waals surface area (Å²) in [6, 6.07) is -2.21. The Balaban J connectivity index is 4.40. The number of rotatable bonds is 23. The third-order valence-electron chi connectivity index (χ3n) is 5.81. The number of esters is 3. The Morgan fingerprint density at radius 1 is 0.872 bits per heavy atom. The van der Waals surface area contributed by atoms with Crippen LogP contribution in [0.1, 0.15) is 91.4 Å². The average Bonchev–Trinajstić information content (AvgIpc) is 2.88. The molecule has 11 nitrogen and oxygen atoms in total. The van der Waals surface area contributed by atoms with Gasteiger partial charge in [0.1, 0.15) is 18.8 Å². The normalized spacial score (nSPS) is 13.1. The van der Waals surface area contributed by atoms with Gasteiger partial charge in [-0.25, -0.2) is 4.79 Å². The van der Waals surface area contributed by atoms with Gasteiger partial charge >= 0.3 is 17.9 Å². The lowest BCUT2D eigenvalue weighted by molar-refractivity contribution is -0.153. The van der Waals surface area contributed by atoms with E-state index in [0.29, 0.717) is 12.2 Å². The Hall–Kier alpha value is -2.34. The van der Waals surface area contributed by atoms with Gasteiger partial charge in [0, 0.05) is 25.4 Å². The molecule has 0 bridgehead atoms. The van der Waals surface area contributed by atoms with E-state index in [4.69, 9.17) is 9.47 Å². The third-order valence-corrected chi connectivity index (χ3v) is 6.83. The van der Waals surface area contributed by atoms with Crippen molar-refractivity contribution >= 4 is 41.5 Å². The maximum Gasteiger partial charge on any atom is 0.330 e. The predicted octanol–water partition coefficient (Wildman–Crippen LogP) is 2.66. The minimum atomic E-state index is -1.24. The summed E-state index contributed by atoms with van der Waals surface area (Å²) >= 11 is 1.26. The van der Waals surface area contributed by atoms with Gasteiger partial charge in [0.25, 0.3) is 0 Å². The number of hydrogen-bond acceptors (Lipinski definition) is 10. The van der Waals surface area contributed by atoms with Crippen LogP contribution >= 0.6 is 11.8 Å².